The van der Waals surface area contributed by atoms with Crippen molar-refractivity contribution in [2.24, 2.45) is 0 Å². The molecule has 170 valence electrons. The predicted molar refractivity (Wildman–Crippen MR) is 128 cm³/mol. The van der Waals surface area contributed by atoms with Gasteiger partial charge >= 0.3 is 0 Å². The van der Waals surface area contributed by atoms with Gasteiger partial charge in [0.1, 0.15) is 17.6 Å². The summed E-state index contributed by atoms with van der Waals surface area (Å²) in [6, 6.07) is 11.9. The van der Waals surface area contributed by atoms with Gasteiger partial charge in [-0.15, -0.1) is 0 Å². The molecule has 0 unspecified atom stereocenters. The van der Waals surface area contributed by atoms with Crippen molar-refractivity contribution in [2.45, 2.75) is 19.9 Å². The summed E-state index contributed by atoms with van der Waals surface area (Å²) in [7, 11) is 0. The van der Waals surface area contributed by atoms with E-state index in [1.54, 1.807) is 24.3 Å². The van der Waals surface area contributed by atoms with Crippen LogP contribution in [0, 0.1) is 0 Å². The van der Waals surface area contributed by atoms with Crippen LogP contribution >= 0.6 is 23.2 Å². The zero-order valence-corrected chi connectivity index (χ0v) is 19.2. The van der Waals surface area contributed by atoms with Crippen LogP contribution in [-0.2, 0) is 16.1 Å². The highest BCUT2D eigenvalue weighted by atomic mass is 35.5. The van der Waals surface area contributed by atoms with Gasteiger partial charge in [0.25, 0.3) is 5.56 Å². The second-order valence-corrected chi connectivity index (χ2v) is 8.28. The van der Waals surface area contributed by atoms with Gasteiger partial charge in [0.15, 0.2) is 0 Å². The quantitative estimate of drug-likeness (QED) is 0.419. The number of benzene rings is 2. The van der Waals surface area contributed by atoms with Gasteiger partial charge in [-0.1, -0.05) is 42.3 Å². The number of furan rings is 1. The molecule has 0 aliphatic rings. The fourth-order valence-corrected chi connectivity index (χ4v) is 3.83. The number of carbonyl (C=O) groups excluding carboxylic acids is 2. The normalized spacial score (nSPS) is 11.1. The highest BCUT2D eigenvalue weighted by Crippen LogP contribution is 2.26. The molecule has 33 heavy (non-hydrogen) atoms. The Hall–Kier alpha value is -3.36. The number of rotatable bonds is 7. The van der Waals surface area contributed by atoms with Gasteiger partial charge in [-0.2, -0.15) is 0 Å². The molecule has 0 saturated carbocycles. The molecule has 0 atom stereocenters. The number of nitrogens with one attached hydrogen (secondary N) is 1. The van der Waals surface area contributed by atoms with Crippen molar-refractivity contribution in [1.82, 2.24) is 14.5 Å². The molecule has 0 aliphatic heterocycles. The van der Waals surface area contributed by atoms with Gasteiger partial charge in [-0.05, 0) is 36.8 Å². The molecule has 1 N–H and O–H groups in total. The smallest absolute Gasteiger partial charge is 0.297 e. The van der Waals surface area contributed by atoms with E-state index < -0.39 is 17.4 Å². The molecule has 4 rings (SSSR count). The van der Waals surface area contributed by atoms with Gasteiger partial charge in [0.05, 0.1) is 23.6 Å². The molecular formula is C23H20Cl2N4O4. The minimum Gasteiger partial charge on any atom is -0.448 e. The maximum absolute atomic E-state index is 13.0. The number of halogens is 2. The summed E-state index contributed by atoms with van der Waals surface area (Å²) >= 11 is 12.1. The molecule has 2 amide bonds. The number of nitrogens with zero attached hydrogens (tertiary/aromatic N) is 3. The first-order valence-corrected chi connectivity index (χ1v) is 11.0. The number of anilines is 1. The standard InChI is InChI=1S/C23H20Cl2N4O4/c1-2-9-28(11-19(30)27-17-10-14(24)7-8-16(17)25)20(31)12-29-13-26-21-15-5-3-4-6-18(15)33-22(21)23(29)32/h3-8,10,13H,2,9,11-12H2,1H3,(H,27,30). The Balaban J connectivity index is 1.52. The summed E-state index contributed by atoms with van der Waals surface area (Å²) < 4.78 is 6.84. The molecule has 0 fully saturated rings. The number of fused-ring (bicyclic) bond motifs is 3. The van der Waals surface area contributed by atoms with E-state index in [1.807, 2.05) is 19.1 Å². The van der Waals surface area contributed by atoms with Gasteiger partial charge in [-0.3, -0.25) is 19.0 Å². The molecule has 8 nitrogen and oxygen atoms in total. The van der Waals surface area contributed by atoms with E-state index >= 15 is 0 Å². The summed E-state index contributed by atoms with van der Waals surface area (Å²) in [5, 5.41) is 4.14. The number of carbonyl (C=O) groups is 2. The van der Waals surface area contributed by atoms with Crippen molar-refractivity contribution in [3.05, 3.63) is 69.2 Å². The second-order valence-electron chi connectivity index (χ2n) is 7.44. The predicted octanol–water partition coefficient (Wildman–Crippen LogP) is 4.33. The molecule has 0 bridgehead atoms. The third-order valence-corrected chi connectivity index (χ3v) is 5.60. The summed E-state index contributed by atoms with van der Waals surface area (Å²) in [4.78, 5) is 44.1. The SMILES string of the molecule is CCCN(CC(=O)Nc1cc(Cl)ccc1Cl)C(=O)Cn1cnc2c(oc3ccccc32)c1=O. The Morgan fingerprint density at radius 3 is 2.76 bits per heavy atom. The van der Waals surface area contributed by atoms with Gasteiger partial charge in [0, 0.05) is 17.0 Å². The topological polar surface area (TPSA) is 97.4 Å². The number of amides is 2. The van der Waals surface area contributed by atoms with Crippen LogP contribution in [0.3, 0.4) is 0 Å². The van der Waals surface area contributed by atoms with Crippen LogP contribution in [0.4, 0.5) is 5.69 Å². The fraction of sp³-hybridized carbons (Fsp3) is 0.217. The van der Waals surface area contributed by atoms with E-state index in [0.717, 1.165) is 5.39 Å². The average Bonchev–Trinajstić information content (AvgIpc) is 3.17. The Labute approximate surface area is 198 Å². The lowest BCUT2D eigenvalue weighted by atomic mass is 10.2. The van der Waals surface area contributed by atoms with Crippen molar-refractivity contribution in [2.75, 3.05) is 18.4 Å². The van der Waals surface area contributed by atoms with E-state index in [9.17, 15) is 14.4 Å². The molecular weight excluding hydrogens is 467 g/mol. The van der Waals surface area contributed by atoms with Gasteiger partial charge in [-0.25, -0.2) is 4.98 Å². The van der Waals surface area contributed by atoms with E-state index in [0.29, 0.717) is 39.8 Å². The van der Waals surface area contributed by atoms with E-state index in [4.69, 9.17) is 27.6 Å². The molecule has 2 heterocycles. The highest BCUT2D eigenvalue weighted by molar-refractivity contribution is 6.35. The first kappa shape index (κ1) is 22.8. The van der Waals surface area contributed by atoms with Crippen molar-refractivity contribution < 1.29 is 14.0 Å². The lowest BCUT2D eigenvalue weighted by Gasteiger charge is -2.22. The van der Waals surface area contributed by atoms with Crippen LogP contribution in [0.1, 0.15) is 13.3 Å². The van der Waals surface area contributed by atoms with Crippen molar-refractivity contribution in [1.29, 1.82) is 0 Å². The molecule has 10 heteroatoms. The molecule has 0 spiro atoms. The zero-order valence-electron chi connectivity index (χ0n) is 17.7. The Bertz CT molecular complexity index is 1410. The van der Waals surface area contributed by atoms with E-state index in [-0.39, 0.29) is 18.7 Å². The monoisotopic (exact) mass is 486 g/mol. The zero-order chi connectivity index (χ0) is 23.5. The molecule has 0 aliphatic carbocycles. The first-order chi connectivity index (χ1) is 15.9. The maximum atomic E-state index is 13.0. The first-order valence-electron chi connectivity index (χ1n) is 10.3. The third kappa shape index (κ3) is 4.86. The van der Waals surface area contributed by atoms with Crippen LogP contribution in [0.25, 0.3) is 22.1 Å². The van der Waals surface area contributed by atoms with Crippen LogP contribution in [0.2, 0.25) is 10.0 Å². The lowest BCUT2D eigenvalue weighted by molar-refractivity contribution is -0.135. The van der Waals surface area contributed by atoms with Crippen LogP contribution < -0.4 is 10.9 Å². The van der Waals surface area contributed by atoms with Gasteiger partial charge < -0.3 is 14.6 Å². The Morgan fingerprint density at radius 1 is 1.18 bits per heavy atom. The third-order valence-electron chi connectivity index (χ3n) is 5.04. The lowest BCUT2D eigenvalue weighted by Crippen LogP contribution is -2.41. The molecule has 0 saturated heterocycles. The van der Waals surface area contributed by atoms with Crippen LogP contribution in [0.5, 0.6) is 0 Å². The Morgan fingerprint density at radius 2 is 1.97 bits per heavy atom. The number of aromatic nitrogens is 2. The summed E-state index contributed by atoms with van der Waals surface area (Å²) in [6.07, 6.45) is 1.95. The summed E-state index contributed by atoms with van der Waals surface area (Å²) in [5.41, 5.74) is 0.972. The minimum atomic E-state index is -0.462. The maximum Gasteiger partial charge on any atom is 0.297 e. The minimum absolute atomic E-state index is 0.0851. The molecule has 0 radical (unpaired) electrons. The fourth-order valence-electron chi connectivity index (χ4n) is 3.49. The van der Waals surface area contributed by atoms with Crippen LogP contribution in [-0.4, -0.2) is 39.4 Å². The van der Waals surface area contributed by atoms with Crippen LogP contribution in [0.15, 0.2) is 58.0 Å². The number of hydrogen-bond acceptors (Lipinski definition) is 5. The molecule has 2 aromatic carbocycles. The summed E-state index contributed by atoms with van der Waals surface area (Å²) in [5.74, 6) is -0.831. The molecule has 4 aromatic rings. The Kier molecular flexibility index (Phi) is 6.67. The second kappa shape index (κ2) is 9.64. The van der Waals surface area contributed by atoms with Crippen molar-refractivity contribution in [3.63, 3.8) is 0 Å². The van der Waals surface area contributed by atoms with Crippen molar-refractivity contribution >= 4 is 62.8 Å². The summed E-state index contributed by atoms with van der Waals surface area (Å²) in [6.45, 7) is 1.75. The molecule has 2 aromatic heterocycles. The average molecular weight is 487 g/mol. The largest absolute Gasteiger partial charge is 0.448 e. The van der Waals surface area contributed by atoms with E-state index in [2.05, 4.69) is 10.3 Å². The number of para-hydroxylation sites is 1. The van der Waals surface area contributed by atoms with E-state index in [1.165, 1.54) is 21.9 Å². The number of hydrogen-bond donors (Lipinski definition) is 1. The highest BCUT2D eigenvalue weighted by Gasteiger charge is 2.20. The van der Waals surface area contributed by atoms with Crippen molar-refractivity contribution in [3.8, 4) is 0 Å². The van der Waals surface area contributed by atoms with Gasteiger partial charge in [0.2, 0.25) is 17.4 Å².